The van der Waals surface area contributed by atoms with Crippen LogP contribution in [0.3, 0.4) is 0 Å². The van der Waals surface area contributed by atoms with Gasteiger partial charge >= 0.3 is 30.1 Å². The highest BCUT2D eigenvalue weighted by atomic mass is 35.5. The highest BCUT2D eigenvalue weighted by molar-refractivity contribution is 6.31. The summed E-state index contributed by atoms with van der Waals surface area (Å²) in [6.45, 7) is 20.3. The number of esters is 3. The van der Waals surface area contributed by atoms with Crippen molar-refractivity contribution in [2.45, 2.75) is 131 Å². The average molecular weight is 879 g/mol. The van der Waals surface area contributed by atoms with Gasteiger partial charge in [0, 0.05) is 23.7 Å². The van der Waals surface area contributed by atoms with Crippen LogP contribution in [-0.2, 0) is 46.2 Å². The van der Waals surface area contributed by atoms with Crippen LogP contribution in [-0.4, -0.2) is 81.9 Å². The first kappa shape index (κ1) is 50.4. The zero-order valence-corrected chi connectivity index (χ0v) is 38.4. The molecule has 3 amide bonds. The van der Waals surface area contributed by atoms with Crippen LogP contribution in [0.2, 0.25) is 5.02 Å². The Kier molecular flexibility index (Phi) is 17.2. The Morgan fingerprint density at radius 2 is 1.29 bits per heavy atom. The second-order valence-corrected chi connectivity index (χ2v) is 18.7. The number of anilines is 1. The van der Waals surface area contributed by atoms with Crippen LogP contribution < -0.4 is 15.4 Å². The molecule has 0 fully saturated rings. The third-order valence-electron chi connectivity index (χ3n) is 7.80. The fraction of sp³-hybridized carbons (Fsp3) is 0.457. The minimum Gasteiger partial charge on any atom is -0.460 e. The topological polar surface area (TPSA) is 188 Å². The van der Waals surface area contributed by atoms with E-state index >= 15 is 0 Å². The van der Waals surface area contributed by atoms with Crippen molar-refractivity contribution in [3.8, 4) is 5.75 Å². The summed E-state index contributed by atoms with van der Waals surface area (Å²) in [4.78, 5) is 84.0. The van der Waals surface area contributed by atoms with Gasteiger partial charge in [0.2, 0.25) is 11.9 Å². The zero-order chi connectivity index (χ0) is 46.6. The SMILES string of the molecule is CC(C)(C)OC(=O)CCN(C(=O)Cc1ccc(OC(=O)c2ccc(N/C(=N\C(=O)OC(C)(C)C)NC(=O)OC(C)(C)C)cc2)cc1Cl)[C@@H](Cc1ccccc1)C(=O)OC(C)(C)C. The number of alkyl carbamates (subject to hydrolysis) is 1. The molecule has 2 N–H and O–H groups in total. The standard InChI is InChI=1S/C46H59ClN4O11/c1-43(2,3)59-37(53)24-25-51(35(39(55)60-44(4,5)6)26-29-16-14-13-15-17-29)36(52)27-31-20-23-33(28-34(31)47)58-38(54)30-18-21-32(22-19-30)48-40(49-41(56)61-45(7,8)9)50-42(57)62-46(10,11)12/h13-23,28,35H,24-27H2,1-12H3,(H2,48,49,50,56,57)/t35-/m0/s1. The minimum absolute atomic E-state index is 0.0873. The molecule has 0 aliphatic heterocycles. The second-order valence-electron chi connectivity index (χ2n) is 18.3. The highest BCUT2D eigenvalue weighted by Crippen LogP contribution is 2.26. The van der Waals surface area contributed by atoms with E-state index in [0.29, 0.717) is 11.3 Å². The largest absolute Gasteiger partial charge is 0.460 e. The van der Waals surface area contributed by atoms with Crippen LogP contribution in [0.5, 0.6) is 5.75 Å². The smallest absolute Gasteiger partial charge is 0.437 e. The molecule has 0 unspecified atom stereocenters. The van der Waals surface area contributed by atoms with Gasteiger partial charge in [0.15, 0.2) is 0 Å². The summed E-state index contributed by atoms with van der Waals surface area (Å²) in [5.74, 6) is -2.60. The Hall–Kier alpha value is -5.96. The molecule has 0 radical (unpaired) electrons. The van der Waals surface area contributed by atoms with E-state index in [-0.39, 0.29) is 48.1 Å². The number of hydrogen-bond donors (Lipinski definition) is 2. The predicted molar refractivity (Wildman–Crippen MR) is 235 cm³/mol. The van der Waals surface area contributed by atoms with E-state index in [0.717, 1.165) is 5.56 Å². The third kappa shape index (κ3) is 18.8. The molecule has 3 aromatic carbocycles. The molecule has 0 aliphatic carbocycles. The molecule has 62 heavy (non-hydrogen) atoms. The Balaban J connectivity index is 1.81. The van der Waals surface area contributed by atoms with Crippen molar-refractivity contribution < 1.29 is 52.5 Å². The number of benzene rings is 3. The number of rotatable bonds is 12. The molecule has 15 nitrogen and oxygen atoms in total. The molecule has 0 heterocycles. The number of carbonyl (C=O) groups is 6. The number of hydrogen-bond acceptors (Lipinski definition) is 11. The van der Waals surface area contributed by atoms with Gasteiger partial charge < -0.3 is 33.9 Å². The Morgan fingerprint density at radius 1 is 0.710 bits per heavy atom. The maximum absolute atomic E-state index is 14.2. The summed E-state index contributed by atoms with van der Waals surface area (Å²) in [6, 6.07) is 18.4. The predicted octanol–water partition coefficient (Wildman–Crippen LogP) is 8.84. The van der Waals surface area contributed by atoms with Crippen molar-refractivity contribution in [2.24, 2.45) is 4.99 Å². The zero-order valence-electron chi connectivity index (χ0n) is 37.6. The molecule has 3 aromatic rings. The van der Waals surface area contributed by atoms with E-state index in [1.54, 1.807) is 83.1 Å². The van der Waals surface area contributed by atoms with Crippen LogP contribution in [0, 0.1) is 0 Å². The lowest BCUT2D eigenvalue weighted by Crippen LogP contribution is -2.50. The molecule has 16 heteroatoms. The maximum Gasteiger partial charge on any atom is 0.437 e. The second kappa shape index (κ2) is 21.2. The van der Waals surface area contributed by atoms with Gasteiger partial charge in [-0.25, -0.2) is 19.2 Å². The lowest BCUT2D eigenvalue weighted by molar-refractivity contribution is -0.166. The summed E-state index contributed by atoms with van der Waals surface area (Å²) in [5.41, 5.74) is -1.65. The normalized spacial score (nSPS) is 12.6. The number of nitrogens with zero attached hydrogens (tertiary/aromatic N) is 2. The fourth-order valence-corrected chi connectivity index (χ4v) is 5.68. The Labute approximate surface area is 368 Å². The van der Waals surface area contributed by atoms with Gasteiger partial charge in [0.25, 0.3) is 0 Å². The molecule has 1 atom stereocenters. The highest BCUT2D eigenvalue weighted by Gasteiger charge is 2.35. The third-order valence-corrected chi connectivity index (χ3v) is 8.15. The maximum atomic E-state index is 14.2. The number of aliphatic imine (C=N–C) groups is 1. The molecular weight excluding hydrogens is 820 g/mol. The number of nitrogens with one attached hydrogen (secondary N) is 2. The van der Waals surface area contributed by atoms with Crippen LogP contribution >= 0.6 is 11.6 Å². The first-order valence-electron chi connectivity index (χ1n) is 20.0. The van der Waals surface area contributed by atoms with Crippen LogP contribution in [0.1, 0.15) is 111 Å². The summed E-state index contributed by atoms with van der Waals surface area (Å²) in [7, 11) is 0. The van der Waals surface area contributed by atoms with E-state index in [4.69, 9.17) is 35.3 Å². The number of halogens is 1. The van der Waals surface area contributed by atoms with Crippen molar-refractivity contribution in [1.82, 2.24) is 10.2 Å². The summed E-state index contributed by atoms with van der Waals surface area (Å²) >= 11 is 6.66. The van der Waals surface area contributed by atoms with Gasteiger partial charge in [0.1, 0.15) is 34.2 Å². The quantitative estimate of drug-likeness (QED) is 0.0579. The van der Waals surface area contributed by atoms with Crippen LogP contribution in [0.15, 0.2) is 77.8 Å². The van der Waals surface area contributed by atoms with E-state index in [9.17, 15) is 28.8 Å². The number of ether oxygens (including phenoxy) is 5. The first-order valence-corrected chi connectivity index (χ1v) is 20.4. The van der Waals surface area contributed by atoms with E-state index in [1.165, 1.54) is 47.4 Å². The molecule has 0 saturated carbocycles. The van der Waals surface area contributed by atoms with E-state index in [1.807, 2.05) is 30.3 Å². The molecule has 0 aliphatic rings. The van der Waals surface area contributed by atoms with Gasteiger partial charge in [-0.2, -0.15) is 0 Å². The molecule has 336 valence electrons. The van der Waals surface area contributed by atoms with Gasteiger partial charge in [-0.3, -0.25) is 14.9 Å². The molecule has 3 rings (SSSR count). The van der Waals surface area contributed by atoms with Crippen LogP contribution in [0.4, 0.5) is 15.3 Å². The molecule has 0 spiro atoms. The number of carbonyl (C=O) groups excluding carboxylic acids is 6. The van der Waals surface area contributed by atoms with Crippen molar-refractivity contribution in [1.29, 1.82) is 0 Å². The Bertz CT molecular complexity index is 2090. The van der Waals surface area contributed by atoms with Gasteiger partial charge in [-0.05, 0) is 131 Å². The van der Waals surface area contributed by atoms with Gasteiger partial charge in [0.05, 0.1) is 18.4 Å². The summed E-state index contributed by atoms with van der Waals surface area (Å²) in [5, 5.41) is 5.31. The first-order chi connectivity index (χ1) is 28.6. The molecule has 0 aromatic heterocycles. The van der Waals surface area contributed by atoms with Gasteiger partial charge in [-0.15, -0.1) is 4.99 Å². The molecule has 0 saturated heterocycles. The minimum atomic E-state index is -1.09. The lowest BCUT2D eigenvalue weighted by atomic mass is 10.0. The van der Waals surface area contributed by atoms with Crippen molar-refractivity contribution in [3.05, 3.63) is 94.5 Å². The lowest BCUT2D eigenvalue weighted by Gasteiger charge is -2.33. The fourth-order valence-electron chi connectivity index (χ4n) is 5.44. The summed E-state index contributed by atoms with van der Waals surface area (Å²) < 4.78 is 27.4. The monoisotopic (exact) mass is 878 g/mol. The number of guanidine groups is 1. The van der Waals surface area contributed by atoms with E-state index in [2.05, 4.69) is 15.6 Å². The molecular formula is C46H59ClN4O11. The van der Waals surface area contributed by atoms with Crippen molar-refractivity contribution in [2.75, 3.05) is 11.9 Å². The van der Waals surface area contributed by atoms with Crippen molar-refractivity contribution in [3.63, 3.8) is 0 Å². The summed E-state index contributed by atoms with van der Waals surface area (Å²) in [6.07, 6.45) is -2.15. The van der Waals surface area contributed by atoms with Crippen molar-refractivity contribution >= 4 is 59.2 Å². The van der Waals surface area contributed by atoms with Gasteiger partial charge in [-0.1, -0.05) is 48.0 Å². The van der Waals surface area contributed by atoms with E-state index < -0.39 is 64.4 Å². The number of amides is 3. The molecule has 0 bridgehead atoms. The van der Waals surface area contributed by atoms with Crippen LogP contribution in [0.25, 0.3) is 0 Å². The average Bonchev–Trinajstić information content (AvgIpc) is 3.10. The Morgan fingerprint density at radius 3 is 1.84 bits per heavy atom.